The first-order valence-electron chi connectivity index (χ1n) is 6.04. The number of nitrogens with zero attached hydrogens (tertiary/aromatic N) is 1. The quantitative estimate of drug-likeness (QED) is 0.736. The minimum Gasteiger partial charge on any atom is -0.241 e. The van der Waals surface area contributed by atoms with Gasteiger partial charge in [0.15, 0.2) is 0 Å². The van der Waals surface area contributed by atoms with Crippen molar-refractivity contribution in [2.45, 2.75) is 40.5 Å². The fourth-order valence-electron chi connectivity index (χ4n) is 1.82. The molecule has 0 saturated carbocycles. The van der Waals surface area contributed by atoms with E-state index in [0.29, 0.717) is 5.92 Å². The highest BCUT2D eigenvalue weighted by atomic mass is 32.1. The van der Waals surface area contributed by atoms with E-state index >= 15 is 0 Å². The monoisotopic (exact) mass is 245 g/mol. The van der Waals surface area contributed by atoms with Gasteiger partial charge in [0.2, 0.25) is 0 Å². The van der Waals surface area contributed by atoms with E-state index in [2.05, 4.69) is 57.8 Å². The summed E-state index contributed by atoms with van der Waals surface area (Å²) in [7, 11) is 0. The number of rotatable bonds is 2. The minimum absolute atomic E-state index is 0.566. The van der Waals surface area contributed by atoms with E-state index in [1.165, 1.54) is 21.6 Å². The first kappa shape index (κ1) is 12.3. The van der Waals surface area contributed by atoms with Crippen LogP contribution in [0.3, 0.4) is 0 Å². The molecule has 1 heterocycles. The first-order chi connectivity index (χ1) is 7.99. The second kappa shape index (κ2) is 4.61. The summed E-state index contributed by atoms with van der Waals surface area (Å²) in [6.07, 6.45) is 0. The van der Waals surface area contributed by atoms with Gasteiger partial charge in [0, 0.05) is 10.4 Å². The molecule has 0 spiro atoms. The molecule has 0 unspecified atom stereocenters. The van der Waals surface area contributed by atoms with Crippen LogP contribution in [0.4, 0.5) is 0 Å². The van der Waals surface area contributed by atoms with Crippen LogP contribution in [0.25, 0.3) is 10.6 Å². The summed E-state index contributed by atoms with van der Waals surface area (Å²) in [5, 5.41) is 1.15. The van der Waals surface area contributed by atoms with Crippen LogP contribution < -0.4 is 0 Å². The molecule has 17 heavy (non-hydrogen) atoms. The van der Waals surface area contributed by atoms with Crippen molar-refractivity contribution in [2.75, 3.05) is 0 Å². The molecule has 0 aliphatic rings. The summed E-state index contributed by atoms with van der Waals surface area (Å²) >= 11 is 1.79. The number of benzene rings is 1. The van der Waals surface area contributed by atoms with Gasteiger partial charge >= 0.3 is 0 Å². The third kappa shape index (κ3) is 2.42. The Kier molecular flexibility index (Phi) is 3.34. The van der Waals surface area contributed by atoms with Crippen molar-refractivity contribution in [1.29, 1.82) is 0 Å². The van der Waals surface area contributed by atoms with Crippen molar-refractivity contribution in [3.63, 3.8) is 0 Å². The van der Waals surface area contributed by atoms with Crippen molar-refractivity contribution in [3.05, 3.63) is 39.9 Å². The Morgan fingerprint density at radius 1 is 1.12 bits per heavy atom. The fourth-order valence-corrected chi connectivity index (χ4v) is 2.81. The number of hydrogen-bond acceptors (Lipinski definition) is 2. The number of hydrogen-bond donors (Lipinski definition) is 0. The molecule has 0 bridgehead atoms. The van der Waals surface area contributed by atoms with E-state index in [9.17, 15) is 0 Å². The summed E-state index contributed by atoms with van der Waals surface area (Å²) in [6.45, 7) is 10.8. The Hall–Kier alpha value is -1.15. The van der Waals surface area contributed by atoms with Crippen molar-refractivity contribution in [2.24, 2.45) is 0 Å². The van der Waals surface area contributed by atoms with Crippen LogP contribution in [0.2, 0.25) is 0 Å². The molecule has 90 valence electrons. The van der Waals surface area contributed by atoms with E-state index < -0.39 is 0 Å². The second-order valence-corrected chi connectivity index (χ2v) is 6.09. The molecule has 2 heteroatoms. The van der Waals surface area contributed by atoms with E-state index in [-0.39, 0.29) is 0 Å². The summed E-state index contributed by atoms with van der Waals surface area (Å²) in [5.41, 5.74) is 5.14. The summed E-state index contributed by atoms with van der Waals surface area (Å²) < 4.78 is 0. The van der Waals surface area contributed by atoms with Gasteiger partial charge in [0.25, 0.3) is 0 Å². The molecule has 0 radical (unpaired) electrons. The van der Waals surface area contributed by atoms with Crippen molar-refractivity contribution < 1.29 is 0 Å². The Morgan fingerprint density at radius 2 is 1.82 bits per heavy atom. The third-order valence-electron chi connectivity index (χ3n) is 3.19. The van der Waals surface area contributed by atoms with E-state index in [4.69, 9.17) is 0 Å². The summed E-state index contributed by atoms with van der Waals surface area (Å²) in [6, 6.07) is 6.71. The van der Waals surface area contributed by atoms with Crippen LogP contribution in [0.15, 0.2) is 18.2 Å². The predicted molar refractivity (Wildman–Crippen MR) is 75.9 cm³/mol. The van der Waals surface area contributed by atoms with Crippen LogP contribution in [-0.2, 0) is 0 Å². The van der Waals surface area contributed by atoms with E-state index in [1.807, 2.05) is 0 Å². The van der Waals surface area contributed by atoms with E-state index in [0.717, 1.165) is 10.7 Å². The van der Waals surface area contributed by atoms with Crippen molar-refractivity contribution in [1.82, 2.24) is 4.98 Å². The molecule has 0 fully saturated rings. The van der Waals surface area contributed by atoms with Gasteiger partial charge in [-0.15, -0.1) is 11.3 Å². The summed E-state index contributed by atoms with van der Waals surface area (Å²) in [4.78, 5) is 5.97. The maximum atomic E-state index is 4.66. The lowest BCUT2D eigenvalue weighted by molar-refractivity contribution is 0.866. The maximum absolute atomic E-state index is 4.66. The largest absolute Gasteiger partial charge is 0.241 e. The topological polar surface area (TPSA) is 12.9 Å². The Bertz CT molecular complexity index is 518. The minimum atomic E-state index is 0.566. The lowest BCUT2D eigenvalue weighted by atomic mass is 9.98. The second-order valence-electron chi connectivity index (χ2n) is 4.89. The fraction of sp³-hybridized carbons (Fsp3) is 0.400. The Balaban J connectivity index is 2.54. The molecule has 0 N–H and O–H groups in total. The zero-order valence-corrected chi connectivity index (χ0v) is 12.0. The highest BCUT2D eigenvalue weighted by molar-refractivity contribution is 7.15. The smallest absolute Gasteiger partial charge is 0.124 e. The lowest BCUT2D eigenvalue weighted by Crippen LogP contribution is -1.90. The molecule has 0 saturated heterocycles. The van der Waals surface area contributed by atoms with Crippen LogP contribution in [-0.4, -0.2) is 4.98 Å². The zero-order chi connectivity index (χ0) is 12.6. The molecule has 0 amide bonds. The highest BCUT2D eigenvalue weighted by Gasteiger charge is 2.10. The van der Waals surface area contributed by atoms with E-state index in [1.54, 1.807) is 11.3 Å². The van der Waals surface area contributed by atoms with Gasteiger partial charge in [-0.25, -0.2) is 4.98 Å². The number of thiazole rings is 1. The normalized spacial score (nSPS) is 11.2. The van der Waals surface area contributed by atoms with Gasteiger partial charge < -0.3 is 0 Å². The molecular formula is C15H19NS. The van der Waals surface area contributed by atoms with Crippen molar-refractivity contribution in [3.8, 4) is 10.6 Å². The molecule has 1 aromatic carbocycles. The number of aryl methyl sites for hydroxylation is 3. The Labute approximate surface area is 108 Å². The predicted octanol–water partition coefficient (Wildman–Crippen LogP) is 4.86. The highest BCUT2D eigenvalue weighted by Crippen LogP contribution is 2.31. The molecular weight excluding hydrogens is 226 g/mol. The Morgan fingerprint density at radius 3 is 2.35 bits per heavy atom. The lowest BCUT2D eigenvalue weighted by Gasteiger charge is -2.09. The van der Waals surface area contributed by atoms with Gasteiger partial charge in [-0.2, -0.15) is 0 Å². The molecule has 1 aromatic heterocycles. The molecule has 0 atom stereocenters. The first-order valence-corrected chi connectivity index (χ1v) is 6.85. The standard InChI is InChI=1S/C15H19NS/c1-9(2)13-7-6-10(3)14(8-13)15-16-11(4)12(5)17-15/h6-9H,1-5H3. The van der Waals surface area contributed by atoms with Crippen LogP contribution in [0.5, 0.6) is 0 Å². The molecule has 2 aromatic rings. The third-order valence-corrected chi connectivity index (χ3v) is 4.29. The molecule has 0 aliphatic heterocycles. The molecule has 0 aliphatic carbocycles. The average Bonchev–Trinajstić information content (AvgIpc) is 2.59. The molecule has 1 nitrogen and oxygen atoms in total. The van der Waals surface area contributed by atoms with Crippen molar-refractivity contribution >= 4 is 11.3 Å². The SMILES string of the molecule is Cc1ccc(C(C)C)cc1-c1nc(C)c(C)s1. The van der Waals surface area contributed by atoms with Gasteiger partial charge in [-0.05, 0) is 43.9 Å². The van der Waals surface area contributed by atoms with Crippen LogP contribution in [0, 0.1) is 20.8 Å². The number of aromatic nitrogens is 1. The van der Waals surface area contributed by atoms with Gasteiger partial charge in [-0.1, -0.05) is 26.0 Å². The van der Waals surface area contributed by atoms with Gasteiger partial charge in [-0.3, -0.25) is 0 Å². The summed E-state index contributed by atoms with van der Waals surface area (Å²) in [5.74, 6) is 0.566. The van der Waals surface area contributed by atoms with Crippen LogP contribution >= 0.6 is 11.3 Å². The molecule has 2 rings (SSSR count). The average molecular weight is 245 g/mol. The van der Waals surface area contributed by atoms with Crippen LogP contribution in [0.1, 0.15) is 41.5 Å². The zero-order valence-electron chi connectivity index (χ0n) is 11.2. The van der Waals surface area contributed by atoms with Gasteiger partial charge in [0.1, 0.15) is 5.01 Å². The van der Waals surface area contributed by atoms with Gasteiger partial charge in [0.05, 0.1) is 5.69 Å². The maximum Gasteiger partial charge on any atom is 0.124 e.